The molecule has 1 atom stereocenters. The second-order valence-electron chi connectivity index (χ2n) is 10.7. The number of carbonyl (C=O) groups excluding carboxylic acids is 1. The van der Waals surface area contributed by atoms with Crippen LogP contribution in [-0.2, 0) is 4.79 Å². The molecule has 0 spiro atoms. The maximum atomic E-state index is 12.7. The number of pyridine rings is 1. The predicted octanol–water partition coefficient (Wildman–Crippen LogP) is 5.85. The lowest BCUT2D eigenvalue weighted by molar-refractivity contribution is -0.133. The fourth-order valence-electron chi connectivity index (χ4n) is 6.02. The number of carbonyl (C=O) groups is 1. The molecular formula is C29H38N4O. The van der Waals surface area contributed by atoms with Crippen LogP contribution in [0.2, 0.25) is 0 Å². The number of aromatic amines is 1. The molecule has 34 heavy (non-hydrogen) atoms. The first kappa shape index (κ1) is 23.1. The molecule has 1 aromatic carbocycles. The number of hydrogen-bond acceptors (Lipinski definition) is 3. The van der Waals surface area contributed by atoms with Gasteiger partial charge in [-0.05, 0) is 99.8 Å². The lowest BCUT2D eigenvalue weighted by Crippen LogP contribution is -2.44. The Balaban J connectivity index is 1.33. The summed E-state index contributed by atoms with van der Waals surface area (Å²) >= 11 is 0. The van der Waals surface area contributed by atoms with Crippen molar-refractivity contribution in [3.63, 3.8) is 0 Å². The second-order valence-corrected chi connectivity index (χ2v) is 10.7. The highest BCUT2D eigenvalue weighted by Gasteiger charge is 2.28. The lowest BCUT2D eigenvalue weighted by Gasteiger charge is -2.33. The van der Waals surface area contributed by atoms with Crippen molar-refractivity contribution in [2.45, 2.75) is 71.3 Å². The number of benzene rings is 1. The van der Waals surface area contributed by atoms with Gasteiger partial charge < -0.3 is 9.88 Å². The number of aryl methyl sites for hydroxylation is 1. The van der Waals surface area contributed by atoms with Gasteiger partial charge in [0.05, 0.1) is 12.2 Å². The molecular weight excluding hydrogens is 420 g/mol. The molecule has 2 aliphatic rings. The molecule has 0 saturated carbocycles. The first-order valence-corrected chi connectivity index (χ1v) is 13.0. The van der Waals surface area contributed by atoms with Gasteiger partial charge in [-0.1, -0.05) is 19.9 Å². The second kappa shape index (κ2) is 9.53. The van der Waals surface area contributed by atoms with Crippen LogP contribution >= 0.6 is 0 Å². The molecule has 1 amide bonds. The number of hydrogen-bond donors (Lipinski definition) is 1. The van der Waals surface area contributed by atoms with Crippen molar-refractivity contribution in [3.8, 4) is 11.3 Å². The molecule has 0 bridgehead atoms. The number of nitrogens with one attached hydrogen (secondary N) is 1. The van der Waals surface area contributed by atoms with E-state index in [1.807, 2.05) is 13.1 Å². The highest BCUT2D eigenvalue weighted by molar-refractivity contribution is 5.92. The summed E-state index contributed by atoms with van der Waals surface area (Å²) < 4.78 is 0. The van der Waals surface area contributed by atoms with Gasteiger partial charge in [-0.3, -0.25) is 14.7 Å². The molecule has 2 aliphatic heterocycles. The predicted molar refractivity (Wildman–Crippen MR) is 139 cm³/mol. The highest BCUT2D eigenvalue weighted by atomic mass is 16.2. The van der Waals surface area contributed by atoms with Gasteiger partial charge in [0.1, 0.15) is 0 Å². The zero-order chi connectivity index (χ0) is 23.8. The summed E-state index contributed by atoms with van der Waals surface area (Å²) in [5, 5.41) is 1.34. The fourth-order valence-corrected chi connectivity index (χ4v) is 6.02. The van der Waals surface area contributed by atoms with E-state index >= 15 is 0 Å². The Morgan fingerprint density at radius 2 is 1.91 bits per heavy atom. The topological polar surface area (TPSA) is 52.2 Å². The lowest BCUT2D eigenvalue weighted by atomic mass is 9.87. The van der Waals surface area contributed by atoms with Crippen molar-refractivity contribution in [2.24, 2.45) is 0 Å². The van der Waals surface area contributed by atoms with Crippen molar-refractivity contribution in [3.05, 3.63) is 53.3 Å². The zero-order valence-corrected chi connectivity index (χ0v) is 21.1. The molecule has 180 valence electrons. The molecule has 2 aromatic heterocycles. The van der Waals surface area contributed by atoms with Gasteiger partial charge in [-0.2, -0.15) is 0 Å². The quantitative estimate of drug-likeness (QED) is 0.522. The third-order valence-corrected chi connectivity index (χ3v) is 7.92. The molecule has 2 fully saturated rings. The summed E-state index contributed by atoms with van der Waals surface area (Å²) in [6.45, 7) is 12.3. The Morgan fingerprint density at radius 1 is 1.12 bits per heavy atom. The molecule has 1 unspecified atom stereocenters. The molecule has 5 rings (SSSR count). The number of piperidine rings is 1. The molecule has 3 aromatic rings. The average molecular weight is 459 g/mol. The van der Waals surface area contributed by atoms with Crippen molar-refractivity contribution in [1.82, 2.24) is 19.8 Å². The highest BCUT2D eigenvalue weighted by Crippen LogP contribution is 2.38. The van der Waals surface area contributed by atoms with E-state index in [4.69, 9.17) is 0 Å². The van der Waals surface area contributed by atoms with Gasteiger partial charge in [0.15, 0.2) is 0 Å². The third kappa shape index (κ3) is 4.50. The van der Waals surface area contributed by atoms with E-state index in [0.717, 1.165) is 51.0 Å². The number of likely N-dealkylation sites (tertiary alicyclic amines) is 2. The summed E-state index contributed by atoms with van der Waals surface area (Å²) in [5.74, 6) is 1.30. The van der Waals surface area contributed by atoms with E-state index in [2.05, 4.69) is 70.9 Å². The molecule has 0 aliphatic carbocycles. The van der Waals surface area contributed by atoms with Crippen LogP contribution in [0.15, 0.2) is 36.5 Å². The smallest absolute Gasteiger partial charge is 0.236 e. The van der Waals surface area contributed by atoms with Crippen molar-refractivity contribution < 1.29 is 4.79 Å². The summed E-state index contributed by atoms with van der Waals surface area (Å²) in [7, 11) is 0. The first-order valence-electron chi connectivity index (χ1n) is 13.0. The maximum absolute atomic E-state index is 12.7. The minimum atomic E-state index is 0.317. The minimum absolute atomic E-state index is 0.317. The Bertz CT molecular complexity index is 1170. The maximum Gasteiger partial charge on any atom is 0.236 e. The Hall–Kier alpha value is -2.66. The van der Waals surface area contributed by atoms with Crippen molar-refractivity contribution >= 4 is 16.8 Å². The van der Waals surface area contributed by atoms with Gasteiger partial charge in [-0.15, -0.1) is 0 Å². The summed E-state index contributed by atoms with van der Waals surface area (Å²) in [6, 6.07) is 11.7. The average Bonchev–Trinajstić information content (AvgIpc) is 3.42. The Morgan fingerprint density at radius 3 is 2.59 bits per heavy atom. The Labute approximate surface area is 203 Å². The summed E-state index contributed by atoms with van der Waals surface area (Å²) in [6.07, 6.45) is 6.43. The van der Waals surface area contributed by atoms with Crippen LogP contribution in [0.4, 0.5) is 0 Å². The van der Waals surface area contributed by atoms with Crippen LogP contribution in [0, 0.1) is 6.92 Å². The number of rotatable bonds is 5. The van der Waals surface area contributed by atoms with Crippen LogP contribution in [0.3, 0.4) is 0 Å². The number of nitrogens with zero attached hydrogens (tertiary/aromatic N) is 3. The molecule has 1 N–H and O–H groups in total. The van der Waals surface area contributed by atoms with Gasteiger partial charge in [0, 0.05) is 40.9 Å². The fraction of sp³-hybridized carbons (Fsp3) is 0.517. The minimum Gasteiger partial charge on any atom is -0.354 e. The normalized spacial score (nSPS) is 20.0. The Kier molecular flexibility index (Phi) is 6.48. The van der Waals surface area contributed by atoms with Crippen LogP contribution in [-0.4, -0.2) is 57.9 Å². The van der Waals surface area contributed by atoms with E-state index in [1.165, 1.54) is 33.3 Å². The SMILES string of the molecule is Cc1cc(-c2[nH]c3ccc(C4CCN(CC(=O)N5CCCC5C)CC4)cc3c2C(C)C)ccn1. The largest absolute Gasteiger partial charge is 0.354 e. The third-order valence-electron chi connectivity index (χ3n) is 7.92. The molecule has 0 radical (unpaired) electrons. The molecule has 4 heterocycles. The van der Waals surface area contributed by atoms with Gasteiger partial charge in [0.2, 0.25) is 5.91 Å². The number of aromatic nitrogens is 2. The summed E-state index contributed by atoms with van der Waals surface area (Å²) in [5.41, 5.74) is 7.50. The zero-order valence-electron chi connectivity index (χ0n) is 21.1. The van der Waals surface area contributed by atoms with E-state index in [9.17, 15) is 4.79 Å². The van der Waals surface area contributed by atoms with E-state index in [0.29, 0.717) is 30.3 Å². The standard InChI is InChI=1S/C29H38N4O/c1-19(2)28-25-17-23(7-8-26(25)31-29(28)24-9-12-30-20(3)16-24)22-10-14-32(15-11-22)18-27(34)33-13-5-6-21(33)4/h7-9,12,16-17,19,21-22,31H,5-6,10-11,13-15,18H2,1-4H3. The van der Waals surface area contributed by atoms with E-state index in [-0.39, 0.29) is 0 Å². The van der Waals surface area contributed by atoms with Gasteiger partial charge in [-0.25, -0.2) is 0 Å². The van der Waals surface area contributed by atoms with Crippen LogP contribution in [0.5, 0.6) is 0 Å². The van der Waals surface area contributed by atoms with Crippen LogP contribution in [0.25, 0.3) is 22.2 Å². The number of amides is 1. The monoisotopic (exact) mass is 458 g/mol. The van der Waals surface area contributed by atoms with E-state index < -0.39 is 0 Å². The van der Waals surface area contributed by atoms with Crippen molar-refractivity contribution in [1.29, 1.82) is 0 Å². The summed E-state index contributed by atoms with van der Waals surface area (Å²) in [4.78, 5) is 25.3. The van der Waals surface area contributed by atoms with Gasteiger partial charge in [0.25, 0.3) is 0 Å². The van der Waals surface area contributed by atoms with Crippen molar-refractivity contribution in [2.75, 3.05) is 26.2 Å². The number of H-pyrrole nitrogens is 1. The van der Waals surface area contributed by atoms with E-state index in [1.54, 1.807) is 0 Å². The van der Waals surface area contributed by atoms with Crippen LogP contribution < -0.4 is 0 Å². The first-order chi connectivity index (χ1) is 16.4. The molecule has 5 nitrogen and oxygen atoms in total. The molecule has 2 saturated heterocycles. The van der Waals surface area contributed by atoms with Crippen LogP contribution in [0.1, 0.15) is 75.1 Å². The molecule has 5 heteroatoms. The number of fused-ring (bicyclic) bond motifs is 1. The van der Waals surface area contributed by atoms with Gasteiger partial charge >= 0.3 is 0 Å².